The summed E-state index contributed by atoms with van der Waals surface area (Å²) in [6.07, 6.45) is 0.886. The van der Waals surface area contributed by atoms with Gasteiger partial charge in [-0.2, -0.15) is 0 Å². The number of hydrogen-bond donors (Lipinski definition) is 2. The summed E-state index contributed by atoms with van der Waals surface area (Å²) < 4.78 is 30.7. The molecular weight excluding hydrogens is 228 g/mol. The molecule has 1 atom stereocenters. The molecule has 1 unspecified atom stereocenters. The molecule has 0 saturated carbocycles. The van der Waals surface area contributed by atoms with Crippen LogP contribution in [0.4, 0.5) is 0 Å². The van der Waals surface area contributed by atoms with E-state index < -0.39 is 10.0 Å². The van der Waals surface area contributed by atoms with E-state index >= 15 is 0 Å². The molecule has 0 amide bonds. The molecule has 98 valence electrons. The molecule has 0 aromatic carbocycles. The molecule has 0 aliphatic carbocycles. The van der Waals surface area contributed by atoms with Gasteiger partial charge in [0.15, 0.2) is 0 Å². The summed E-state index contributed by atoms with van der Waals surface area (Å²) in [5.74, 6) is 0.284. The summed E-state index contributed by atoms with van der Waals surface area (Å²) in [6.45, 7) is 6.99. The van der Waals surface area contributed by atoms with E-state index in [2.05, 4.69) is 4.72 Å². The monoisotopic (exact) mass is 252 g/mol. The Morgan fingerprint density at radius 1 is 1.31 bits per heavy atom. The highest BCUT2D eigenvalue weighted by Crippen LogP contribution is 1.99. The summed E-state index contributed by atoms with van der Waals surface area (Å²) in [4.78, 5) is 0. The molecule has 5 nitrogen and oxygen atoms in total. The zero-order chi connectivity index (χ0) is 12.6. The van der Waals surface area contributed by atoms with Crippen molar-refractivity contribution in [3.05, 3.63) is 0 Å². The van der Waals surface area contributed by atoms with Crippen LogP contribution in [-0.2, 0) is 14.8 Å². The number of nitrogens with two attached hydrogens (primary N) is 1. The maximum absolute atomic E-state index is 11.5. The molecule has 0 fully saturated rings. The van der Waals surface area contributed by atoms with Crippen molar-refractivity contribution in [3.8, 4) is 0 Å². The Bertz CT molecular complexity index is 265. The van der Waals surface area contributed by atoms with E-state index in [1.165, 1.54) is 0 Å². The first-order valence-electron chi connectivity index (χ1n) is 5.66. The summed E-state index contributed by atoms with van der Waals surface area (Å²) in [5, 5.41) is 0. The van der Waals surface area contributed by atoms with Gasteiger partial charge in [-0.15, -0.1) is 0 Å². The molecule has 6 heteroatoms. The van der Waals surface area contributed by atoms with E-state index in [4.69, 9.17) is 10.5 Å². The topological polar surface area (TPSA) is 81.4 Å². The van der Waals surface area contributed by atoms with E-state index in [0.717, 1.165) is 6.42 Å². The van der Waals surface area contributed by atoms with E-state index in [0.29, 0.717) is 13.1 Å². The Balaban J connectivity index is 3.78. The SMILES string of the molecule is CC(CCN)CNS(=O)(=O)CCOC(C)C. The minimum Gasteiger partial charge on any atom is -0.378 e. The highest BCUT2D eigenvalue weighted by Gasteiger charge is 2.11. The largest absolute Gasteiger partial charge is 0.378 e. The van der Waals surface area contributed by atoms with E-state index in [1.54, 1.807) is 0 Å². The minimum atomic E-state index is -3.21. The van der Waals surface area contributed by atoms with Crippen LogP contribution in [0.3, 0.4) is 0 Å². The first-order valence-corrected chi connectivity index (χ1v) is 7.31. The second-order valence-electron chi connectivity index (χ2n) is 4.27. The van der Waals surface area contributed by atoms with E-state index in [-0.39, 0.29) is 24.4 Å². The number of hydrogen-bond acceptors (Lipinski definition) is 4. The highest BCUT2D eigenvalue weighted by atomic mass is 32.2. The lowest BCUT2D eigenvalue weighted by molar-refractivity contribution is 0.0911. The van der Waals surface area contributed by atoms with Gasteiger partial charge in [-0.25, -0.2) is 13.1 Å². The lowest BCUT2D eigenvalue weighted by atomic mass is 10.1. The van der Waals surface area contributed by atoms with Crippen LogP contribution in [-0.4, -0.2) is 40.0 Å². The fourth-order valence-electron chi connectivity index (χ4n) is 1.12. The molecule has 0 heterocycles. The summed E-state index contributed by atoms with van der Waals surface area (Å²) in [6, 6.07) is 0. The number of nitrogens with one attached hydrogen (secondary N) is 1. The van der Waals surface area contributed by atoms with E-state index in [9.17, 15) is 8.42 Å². The second-order valence-corrected chi connectivity index (χ2v) is 6.20. The van der Waals surface area contributed by atoms with Gasteiger partial charge >= 0.3 is 0 Å². The third-order valence-corrected chi connectivity index (χ3v) is 3.43. The minimum absolute atomic E-state index is 0.0144. The predicted molar refractivity (Wildman–Crippen MR) is 65.7 cm³/mol. The normalized spacial score (nSPS) is 14.3. The molecule has 16 heavy (non-hydrogen) atoms. The molecule has 0 aliphatic rings. The zero-order valence-electron chi connectivity index (χ0n) is 10.4. The van der Waals surface area contributed by atoms with Gasteiger partial charge in [0, 0.05) is 6.54 Å². The van der Waals surface area contributed by atoms with Crippen molar-refractivity contribution in [2.75, 3.05) is 25.4 Å². The number of rotatable bonds is 9. The van der Waals surface area contributed by atoms with Gasteiger partial charge in [0.1, 0.15) is 0 Å². The molecule has 0 aromatic rings. The van der Waals surface area contributed by atoms with Crippen LogP contribution in [0.1, 0.15) is 27.2 Å². The van der Waals surface area contributed by atoms with Gasteiger partial charge in [-0.05, 0) is 32.7 Å². The maximum Gasteiger partial charge on any atom is 0.213 e. The van der Waals surface area contributed by atoms with E-state index in [1.807, 2.05) is 20.8 Å². The Kier molecular flexibility index (Phi) is 7.91. The van der Waals surface area contributed by atoms with Crippen molar-refractivity contribution < 1.29 is 13.2 Å². The molecule has 0 saturated heterocycles. The van der Waals surface area contributed by atoms with Crippen molar-refractivity contribution in [2.45, 2.75) is 33.3 Å². The lowest BCUT2D eigenvalue weighted by Gasteiger charge is -2.12. The van der Waals surface area contributed by atoms with Crippen LogP contribution in [0.5, 0.6) is 0 Å². The van der Waals surface area contributed by atoms with Crippen LogP contribution in [0, 0.1) is 5.92 Å². The molecule has 0 radical (unpaired) electrons. The van der Waals surface area contributed by atoms with Crippen molar-refractivity contribution in [2.24, 2.45) is 11.7 Å². The molecular formula is C10H24N2O3S. The Hall–Kier alpha value is -0.170. The van der Waals surface area contributed by atoms with Gasteiger partial charge in [-0.1, -0.05) is 6.92 Å². The van der Waals surface area contributed by atoms with Gasteiger partial charge in [0.25, 0.3) is 0 Å². The molecule has 3 N–H and O–H groups in total. The van der Waals surface area contributed by atoms with Crippen LogP contribution in [0.25, 0.3) is 0 Å². The molecule has 0 aliphatic heterocycles. The summed E-state index contributed by atoms with van der Waals surface area (Å²) >= 11 is 0. The third-order valence-electron chi connectivity index (χ3n) is 2.11. The quantitative estimate of drug-likeness (QED) is 0.619. The van der Waals surface area contributed by atoms with Crippen molar-refractivity contribution in [3.63, 3.8) is 0 Å². The van der Waals surface area contributed by atoms with Crippen LogP contribution >= 0.6 is 0 Å². The predicted octanol–water partition coefficient (Wildman–Crippen LogP) is 0.316. The smallest absolute Gasteiger partial charge is 0.213 e. The van der Waals surface area contributed by atoms with Gasteiger partial charge in [0.2, 0.25) is 10.0 Å². The highest BCUT2D eigenvalue weighted by molar-refractivity contribution is 7.89. The Labute approximate surface area is 98.8 Å². The average Bonchev–Trinajstić information content (AvgIpc) is 2.14. The van der Waals surface area contributed by atoms with Crippen molar-refractivity contribution in [1.82, 2.24) is 4.72 Å². The Morgan fingerprint density at radius 2 is 1.94 bits per heavy atom. The van der Waals surface area contributed by atoms with Gasteiger partial charge in [0.05, 0.1) is 18.5 Å². The van der Waals surface area contributed by atoms with Gasteiger partial charge in [-0.3, -0.25) is 0 Å². The standard InChI is InChI=1S/C10H24N2O3S/c1-9(2)15-6-7-16(13,14)12-8-10(3)4-5-11/h9-10,12H,4-8,11H2,1-3H3. The lowest BCUT2D eigenvalue weighted by Crippen LogP contribution is -2.32. The summed E-state index contributed by atoms with van der Waals surface area (Å²) in [5.41, 5.74) is 5.39. The van der Waals surface area contributed by atoms with Crippen LogP contribution in [0.15, 0.2) is 0 Å². The molecule has 0 spiro atoms. The van der Waals surface area contributed by atoms with Gasteiger partial charge < -0.3 is 10.5 Å². The summed E-state index contributed by atoms with van der Waals surface area (Å²) in [7, 11) is -3.21. The second kappa shape index (κ2) is 8.00. The zero-order valence-corrected chi connectivity index (χ0v) is 11.2. The molecule has 0 rings (SSSR count). The van der Waals surface area contributed by atoms with Crippen molar-refractivity contribution in [1.29, 1.82) is 0 Å². The Morgan fingerprint density at radius 3 is 2.44 bits per heavy atom. The van der Waals surface area contributed by atoms with Crippen LogP contribution < -0.4 is 10.5 Å². The maximum atomic E-state index is 11.5. The average molecular weight is 252 g/mol. The number of ether oxygens (including phenoxy) is 1. The van der Waals surface area contributed by atoms with Crippen LogP contribution in [0.2, 0.25) is 0 Å². The fourth-order valence-corrected chi connectivity index (χ4v) is 2.12. The molecule has 0 aromatic heterocycles. The first-order chi connectivity index (χ1) is 7.37. The third kappa shape index (κ3) is 9.08. The number of sulfonamides is 1. The fraction of sp³-hybridized carbons (Fsp3) is 1.00. The van der Waals surface area contributed by atoms with Crippen molar-refractivity contribution >= 4 is 10.0 Å². The molecule has 0 bridgehead atoms. The first kappa shape index (κ1) is 15.8.